The third kappa shape index (κ3) is 4.49. The van der Waals surface area contributed by atoms with Gasteiger partial charge in [-0.05, 0) is 65.1 Å². The van der Waals surface area contributed by atoms with Gasteiger partial charge >= 0.3 is 0 Å². The third-order valence-corrected chi connectivity index (χ3v) is 3.55. The number of hydrogen-bond donors (Lipinski definition) is 1. The van der Waals surface area contributed by atoms with Crippen molar-refractivity contribution in [2.45, 2.75) is 0 Å². The summed E-state index contributed by atoms with van der Waals surface area (Å²) in [6.45, 7) is 1.43. The highest BCUT2D eigenvalue weighted by molar-refractivity contribution is 14.1. The number of anilines is 1. The highest BCUT2D eigenvalue weighted by Crippen LogP contribution is 2.17. The van der Waals surface area contributed by atoms with Crippen LogP contribution in [0.25, 0.3) is 0 Å². The summed E-state index contributed by atoms with van der Waals surface area (Å²) in [6.07, 6.45) is 0. The van der Waals surface area contributed by atoms with E-state index in [1.807, 2.05) is 24.3 Å². The van der Waals surface area contributed by atoms with E-state index in [1.54, 1.807) is 0 Å². The Morgan fingerprint density at radius 1 is 1.11 bits per heavy atom. The van der Waals surface area contributed by atoms with Gasteiger partial charge in [-0.15, -0.1) is 0 Å². The minimum atomic E-state index is 0.641. The van der Waals surface area contributed by atoms with E-state index < -0.39 is 0 Å². The van der Waals surface area contributed by atoms with Crippen LogP contribution in [0.15, 0.2) is 53.0 Å². The summed E-state index contributed by atoms with van der Waals surface area (Å²) >= 11 is 5.71. The Balaban J connectivity index is 1.74. The van der Waals surface area contributed by atoms with E-state index in [0.29, 0.717) is 6.61 Å². The van der Waals surface area contributed by atoms with E-state index in [0.717, 1.165) is 22.5 Å². The van der Waals surface area contributed by atoms with Crippen molar-refractivity contribution in [1.82, 2.24) is 0 Å². The van der Waals surface area contributed by atoms with E-state index in [-0.39, 0.29) is 0 Å². The first-order valence-electron chi connectivity index (χ1n) is 5.62. The van der Waals surface area contributed by atoms with Crippen LogP contribution >= 0.6 is 38.5 Å². The zero-order valence-electron chi connectivity index (χ0n) is 9.70. The summed E-state index contributed by atoms with van der Waals surface area (Å²) in [5, 5.41) is 3.32. The molecule has 0 aromatic heterocycles. The molecule has 0 aliphatic heterocycles. The minimum Gasteiger partial charge on any atom is -0.492 e. The summed E-state index contributed by atoms with van der Waals surface area (Å²) in [5.41, 5.74) is 1.12. The molecular formula is C14H13BrINO. The first kappa shape index (κ1) is 13.7. The Hall–Kier alpha value is -0.750. The molecule has 0 amide bonds. The molecule has 2 aromatic rings. The van der Waals surface area contributed by atoms with Crippen LogP contribution in [0.5, 0.6) is 5.75 Å². The molecule has 0 radical (unpaired) electrons. The van der Waals surface area contributed by atoms with Crippen molar-refractivity contribution < 1.29 is 4.74 Å². The van der Waals surface area contributed by atoms with E-state index in [1.165, 1.54) is 3.57 Å². The van der Waals surface area contributed by atoms with E-state index in [4.69, 9.17) is 4.74 Å². The molecule has 0 unspecified atom stereocenters. The van der Waals surface area contributed by atoms with Gasteiger partial charge in [-0.1, -0.05) is 22.0 Å². The molecule has 94 valence electrons. The van der Waals surface area contributed by atoms with Crippen molar-refractivity contribution in [3.63, 3.8) is 0 Å². The SMILES string of the molecule is Brc1cccc(OCCNc2ccc(I)cc2)c1. The zero-order chi connectivity index (χ0) is 12.8. The maximum absolute atomic E-state index is 5.64. The molecule has 0 fully saturated rings. The molecule has 0 saturated heterocycles. The topological polar surface area (TPSA) is 21.3 Å². The summed E-state index contributed by atoms with van der Waals surface area (Å²) in [7, 11) is 0. The number of ether oxygens (including phenoxy) is 1. The van der Waals surface area contributed by atoms with Gasteiger partial charge in [-0.25, -0.2) is 0 Å². The molecule has 1 N–H and O–H groups in total. The molecule has 2 aromatic carbocycles. The summed E-state index contributed by atoms with van der Waals surface area (Å²) in [6, 6.07) is 16.2. The van der Waals surface area contributed by atoms with Gasteiger partial charge in [-0.3, -0.25) is 0 Å². The van der Waals surface area contributed by atoms with Gasteiger partial charge in [0.1, 0.15) is 12.4 Å². The van der Waals surface area contributed by atoms with Crippen molar-refractivity contribution in [3.05, 3.63) is 56.6 Å². The first-order valence-corrected chi connectivity index (χ1v) is 7.49. The minimum absolute atomic E-state index is 0.641. The second-order valence-corrected chi connectivity index (χ2v) is 5.90. The van der Waals surface area contributed by atoms with Gasteiger partial charge < -0.3 is 10.1 Å². The average Bonchev–Trinajstić information content (AvgIpc) is 2.37. The molecule has 0 heterocycles. The van der Waals surface area contributed by atoms with E-state index in [2.05, 4.69) is 68.1 Å². The quantitative estimate of drug-likeness (QED) is 0.569. The average molecular weight is 418 g/mol. The fourth-order valence-corrected chi connectivity index (χ4v) is 2.23. The fourth-order valence-electron chi connectivity index (χ4n) is 1.49. The van der Waals surface area contributed by atoms with Crippen molar-refractivity contribution in [2.75, 3.05) is 18.5 Å². The molecule has 18 heavy (non-hydrogen) atoms. The van der Waals surface area contributed by atoms with Crippen LogP contribution in [-0.2, 0) is 0 Å². The predicted octanol–water partition coefficient (Wildman–Crippen LogP) is 4.54. The predicted molar refractivity (Wildman–Crippen MR) is 87.3 cm³/mol. The van der Waals surface area contributed by atoms with E-state index in [9.17, 15) is 0 Å². The number of hydrogen-bond acceptors (Lipinski definition) is 2. The van der Waals surface area contributed by atoms with Crippen LogP contribution in [0, 0.1) is 3.57 Å². The van der Waals surface area contributed by atoms with Crippen LogP contribution in [0.4, 0.5) is 5.69 Å². The number of benzene rings is 2. The Morgan fingerprint density at radius 3 is 2.61 bits per heavy atom. The lowest BCUT2D eigenvalue weighted by molar-refractivity contribution is 0.332. The van der Waals surface area contributed by atoms with Gasteiger partial charge in [0.05, 0.1) is 0 Å². The monoisotopic (exact) mass is 417 g/mol. The van der Waals surface area contributed by atoms with Crippen molar-refractivity contribution in [1.29, 1.82) is 0 Å². The smallest absolute Gasteiger partial charge is 0.120 e. The van der Waals surface area contributed by atoms with Gasteiger partial charge in [0, 0.05) is 20.3 Å². The highest BCUT2D eigenvalue weighted by Gasteiger charge is 1.95. The fraction of sp³-hybridized carbons (Fsp3) is 0.143. The molecule has 0 atom stereocenters. The number of halogens is 2. The van der Waals surface area contributed by atoms with E-state index >= 15 is 0 Å². The number of nitrogens with one attached hydrogen (secondary N) is 1. The van der Waals surface area contributed by atoms with Crippen molar-refractivity contribution in [3.8, 4) is 5.75 Å². The standard InChI is InChI=1S/C14H13BrINO/c15-11-2-1-3-14(10-11)18-9-8-17-13-6-4-12(16)5-7-13/h1-7,10,17H,8-9H2. The summed E-state index contributed by atoms with van der Waals surface area (Å²) in [4.78, 5) is 0. The van der Waals surface area contributed by atoms with Gasteiger partial charge in [0.25, 0.3) is 0 Å². The van der Waals surface area contributed by atoms with Crippen LogP contribution < -0.4 is 10.1 Å². The molecule has 0 bridgehead atoms. The summed E-state index contributed by atoms with van der Waals surface area (Å²) in [5.74, 6) is 0.883. The van der Waals surface area contributed by atoms with Gasteiger partial charge in [-0.2, -0.15) is 0 Å². The second kappa shape index (κ2) is 6.99. The largest absolute Gasteiger partial charge is 0.492 e. The molecule has 0 saturated carbocycles. The Kier molecular flexibility index (Phi) is 5.31. The molecule has 2 nitrogen and oxygen atoms in total. The van der Waals surface area contributed by atoms with Crippen molar-refractivity contribution in [2.24, 2.45) is 0 Å². The molecular weight excluding hydrogens is 405 g/mol. The first-order chi connectivity index (χ1) is 8.74. The van der Waals surface area contributed by atoms with Crippen LogP contribution in [0.1, 0.15) is 0 Å². The number of rotatable bonds is 5. The normalized spacial score (nSPS) is 10.1. The highest BCUT2D eigenvalue weighted by atomic mass is 127. The van der Waals surface area contributed by atoms with Gasteiger partial charge in [0.15, 0.2) is 0 Å². The Bertz CT molecular complexity index is 501. The molecule has 0 spiro atoms. The summed E-state index contributed by atoms with van der Waals surface area (Å²) < 4.78 is 7.91. The van der Waals surface area contributed by atoms with Crippen LogP contribution in [0.2, 0.25) is 0 Å². The lowest BCUT2D eigenvalue weighted by atomic mass is 10.3. The molecule has 2 rings (SSSR count). The molecule has 0 aliphatic carbocycles. The molecule has 4 heteroatoms. The Labute approximate surface area is 129 Å². The lowest BCUT2D eigenvalue weighted by Crippen LogP contribution is -2.11. The maximum atomic E-state index is 5.64. The van der Waals surface area contributed by atoms with Crippen LogP contribution in [-0.4, -0.2) is 13.2 Å². The van der Waals surface area contributed by atoms with Crippen molar-refractivity contribution >= 4 is 44.2 Å². The van der Waals surface area contributed by atoms with Gasteiger partial charge in [0.2, 0.25) is 0 Å². The second-order valence-electron chi connectivity index (χ2n) is 3.74. The molecule has 0 aliphatic rings. The lowest BCUT2D eigenvalue weighted by Gasteiger charge is -2.08. The Morgan fingerprint density at radius 2 is 1.89 bits per heavy atom. The third-order valence-electron chi connectivity index (χ3n) is 2.34. The van der Waals surface area contributed by atoms with Crippen LogP contribution in [0.3, 0.4) is 0 Å². The maximum Gasteiger partial charge on any atom is 0.120 e. The zero-order valence-corrected chi connectivity index (χ0v) is 13.4.